The van der Waals surface area contributed by atoms with E-state index >= 15 is 0 Å². The van der Waals surface area contributed by atoms with Crippen molar-refractivity contribution in [3.8, 4) is 5.75 Å². The van der Waals surface area contributed by atoms with Crippen LogP contribution in [0, 0.1) is 12.7 Å². The van der Waals surface area contributed by atoms with Crippen LogP contribution in [-0.2, 0) is 23.5 Å². The predicted molar refractivity (Wildman–Crippen MR) is 82.3 cm³/mol. The van der Waals surface area contributed by atoms with Gasteiger partial charge in [0.25, 0.3) is 0 Å². The van der Waals surface area contributed by atoms with Gasteiger partial charge in [-0.25, -0.2) is 17.5 Å². The van der Waals surface area contributed by atoms with Gasteiger partial charge in [0.1, 0.15) is 4.90 Å². The minimum atomic E-state index is -3.69. The molecule has 23 heavy (non-hydrogen) atoms. The standard InChI is InChI=1S/C15H18FN3O3S/c1-9-15(8-17-19(9)2)23(20,21)18-13-5-4-10-6-12(16)14(22-3)7-11(10)13/h6-8,13,18H,4-5H2,1-3H3. The molecule has 1 heterocycles. The second-order valence-corrected chi connectivity index (χ2v) is 7.30. The first-order valence-corrected chi connectivity index (χ1v) is 8.69. The fourth-order valence-electron chi connectivity index (χ4n) is 2.88. The van der Waals surface area contributed by atoms with Crippen LogP contribution in [0.3, 0.4) is 0 Å². The zero-order chi connectivity index (χ0) is 16.8. The van der Waals surface area contributed by atoms with Crippen molar-refractivity contribution in [1.29, 1.82) is 0 Å². The van der Waals surface area contributed by atoms with E-state index in [0.717, 1.165) is 11.1 Å². The lowest BCUT2D eigenvalue weighted by Crippen LogP contribution is -2.27. The van der Waals surface area contributed by atoms with Gasteiger partial charge in [-0.05, 0) is 43.0 Å². The summed E-state index contributed by atoms with van der Waals surface area (Å²) in [7, 11) is -0.620. The van der Waals surface area contributed by atoms with E-state index in [2.05, 4.69) is 9.82 Å². The summed E-state index contributed by atoms with van der Waals surface area (Å²) in [4.78, 5) is 0.155. The fraction of sp³-hybridized carbons (Fsp3) is 0.400. The predicted octanol–water partition coefficient (Wildman–Crippen LogP) is 1.84. The smallest absolute Gasteiger partial charge is 0.244 e. The Hall–Kier alpha value is -1.93. The molecule has 1 atom stereocenters. The topological polar surface area (TPSA) is 73.2 Å². The molecule has 1 aliphatic rings. The minimum absolute atomic E-state index is 0.118. The molecule has 1 aromatic heterocycles. The number of hydrogen-bond acceptors (Lipinski definition) is 4. The quantitative estimate of drug-likeness (QED) is 0.922. The van der Waals surface area contributed by atoms with Crippen LogP contribution in [0.2, 0.25) is 0 Å². The zero-order valence-corrected chi connectivity index (χ0v) is 13.9. The molecule has 6 nitrogen and oxygen atoms in total. The van der Waals surface area contributed by atoms with Crippen molar-refractivity contribution in [1.82, 2.24) is 14.5 Å². The summed E-state index contributed by atoms with van der Waals surface area (Å²) in [5, 5.41) is 3.97. The number of ether oxygens (including phenoxy) is 1. The molecule has 0 saturated heterocycles. The van der Waals surface area contributed by atoms with Crippen LogP contribution < -0.4 is 9.46 Å². The van der Waals surface area contributed by atoms with E-state index in [-0.39, 0.29) is 10.6 Å². The monoisotopic (exact) mass is 339 g/mol. The first-order valence-electron chi connectivity index (χ1n) is 7.20. The van der Waals surface area contributed by atoms with E-state index in [0.29, 0.717) is 18.5 Å². The molecule has 1 aromatic carbocycles. The number of benzene rings is 1. The highest BCUT2D eigenvalue weighted by molar-refractivity contribution is 7.89. The highest BCUT2D eigenvalue weighted by Crippen LogP contribution is 2.36. The number of nitrogens with one attached hydrogen (secondary N) is 1. The van der Waals surface area contributed by atoms with Gasteiger partial charge in [-0.1, -0.05) is 0 Å². The molecule has 0 bridgehead atoms. The number of rotatable bonds is 4. The van der Waals surface area contributed by atoms with Crippen LogP contribution in [0.25, 0.3) is 0 Å². The average molecular weight is 339 g/mol. The Morgan fingerprint density at radius 2 is 2.17 bits per heavy atom. The summed E-state index contributed by atoms with van der Waals surface area (Å²) < 4.78 is 48.1. The van der Waals surface area contributed by atoms with Gasteiger partial charge in [-0.2, -0.15) is 5.10 Å². The largest absolute Gasteiger partial charge is 0.494 e. The molecule has 2 aromatic rings. The summed E-state index contributed by atoms with van der Waals surface area (Å²) >= 11 is 0. The molecule has 124 valence electrons. The Morgan fingerprint density at radius 1 is 1.43 bits per heavy atom. The van der Waals surface area contributed by atoms with E-state index in [1.54, 1.807) is 20.0 Å². The van der Waals surface area contributed by atoms with Gasteiger partial charge in [-0.15, -0.1) is 0 Å². The van der Waals surface area contributed by atoms with E-state index < -0.39 is 21.9 Å². The third-order valence-electron chi connectivity index (χ3n) is 4.27. The normalized spacial score (nSPS) is 17.3. The molecular formula is C15H18FN3O3S. The highest BCUT2D eigenvalue weighted by Gasteiger charge is 2.30. The number of aromatic nitrogens is 2. The summed E-state index contributed by atoms with van der Waals surface area (Å²) in [6, 6.07) is 2.59. The summed E-state index contributed by atoms with van der Waals surface area (Å²) in [5.41, 5.74) is 2.12. The summed E-state index contributed by atoms with van der Waals surface area (Å²) in [6.45, 7) is 1.70. The van der Waals surface area contributed by atoms with Crippen LogP contribution in [-0.4, -0.2) is 25.3 Å². The first kappa shape index (κ1) is 15.9. The number of nitrogens with zero attached hydrogens (tertiary/aromatic N) is 2. The van der Waals surface area contributed by atoms with E-state index in [9.17, 15) is 12.8 Å². The van der Waals surface area contributed by atoms with Gasteiger partial charge < -0.3 is 4.74 Å². The van der Waals surface area contributed by atoms with Crippen LogP contribution >= 0.6 is 0 Å². The van der Waals surface area contributed by atoms with Crippen molar-refractivity contribution in [2.24, 2.45) is 7.05 Å². The van der Waals surface area contributed by atoms with Gasteiger partial charge >= 0.3 is 0 Å². The number of halogens is 1. The second kappa shape index (κ2) is 5.61. The maximum Gasteiger partial charge on any atom is 0.244 e. The van der Waals surface area contributed by atoms with Crippen LogP contribution in [0.5, 0.6) is 5.75 Å². The Balaban J connectivity index is 1.93. The van der Waals surface area contributed by atoms with Gasteiger partial charge in [0.05, 0.1) is 19.0 Å². The maximum absolute atomic E-state index is 13.8. The molecular weight excluding hydrogens is 321 g/mol. The third kappa shape index (κ3) is 2.72. The zero-order valence-electron chi connectivity index (χ0n) is 13.1. The van der Waals surface area contributed by atoms with Gasteiger partial charge in [0, 0.05) is 13.1 Å². The molecule has 3 rings (SSSR count). The molecule has 1 unspecified atom stereocenters. The minimum Gasteiger partial charge on any atom is -0.494 e. The maximum atomic E-state index is 13.8. The molecule has 0 spiro atoms. The Bertz CT molecular complexity index is 861. The number of sulfonamides is 1. The number of methoxy groups -OCH3 is 1. The first-order chi connectivity index (χ1) is 10.8. The summed E-state index contributed by atoms with van der Waals surface area (Å²) in [6.07, 6.45) is 2.54. The fourth-order valence-corrected chi connectivity index (χ4v) is 4.33. The van der Waals surface area contributed by atoms with Crippen molar-refractivity contribution in [2.45, 2.75) is 30.7 Å². The Labute approximate surface area is 134 Å². The Kier molecular flexibility index (Phi) is 3.89. The molecule has 0 radical (unpaired) electrons. The van der Waals surface area contributed by atoms with Crippen molar-refractivity contribution in [3.05, 3.63) is 41.0 Å². The van der Waals surface area contributed by atoms with Crippen molar-refractivity contribution in [3.63, 3.8) is 0 Å². The van der Waals surface area contributed by atoms with Crippen molar-refractivity contribution in [2.75, 3.05) is 7.11 Å². The lowest BCUT2D eigenvalue weighted by molar-refractivity contribution is 0.385. The number of aryl methyl sites for hydroxylation is 2. The molecule has 1 aliphatic carbocycles. The lowest BCUT2D eigenvalue weighted by Gasteiger charge is -2.15. The molecule has 0 amide bonds. The van der Waals surface area contributed by atoms with Gasteiger partial charge in [-0.3, -0.25) is 4.68 Å². The molecule has 8 heteroatoms. The van der Waals surface area contributed by atoms with E-state index in [1.807, 2.05) is 0 Å². The van der Waals surface area contributed by atoms with Crippen LogP contribution in [0.1, 0.15) is 29.3 Å². The number of hydrogen-bond donors (Lipinski definition) is 1. The van der Waals surface area contributed by atoms with E-state index in [1.165, 1.54) is 24.1 Å². The molecule has 0 saturated carbocycles. The lowest BCUT2D eigenvalue weighted by atomic mass is 10.1. The second-order valence-electron chi connectivity index (χ2n) is 5.62. The third-order valence-corrected chi connectivity index (χ3v) is 5.84. The van der Waals surface area contributed by atoms with Crippen LogP contribution in [0.15, 0.2) is 23.2 Å². The number of fused-ring (bicyclic) bond motifs is 1. The molecule has 1 N–H and O–H groups in total. The highest BCUT2D eigenvalue weighted by atomic mass is 32.2. The SMILES string of the molecule is COc1cc2c(cc1F)CCC2NS(=O)(=O)c1cnn(C)c1C. The van der Waals surface area contributed by atoms with Gasteiger partial charge in [0.15, 0.2) is 11.6 Å². The Morgan fingerprint density at radius 3 is 2.78 bits per heavy atom. The van der Waals surface area contributed by atoms with Crippen molar-refractivity contribution < 1.29 is 17.5 Å². The average Bonchev–Trinajstić information content (AvgIpc) is 3.02. The van der Waals surface area contributed by atoms with Crippen molar-refractivity contribution >= 4 is 10.0 Å². The van der Waals surface area contributed by atoms with E-state index in [4.69, 9.17) is 4.74 Å². The molecule has 0 aliphatic heterocycles. The van der Waals surface area contributed by atoms with Crippen LogP contribution in [0.4, 0.5) is 4.39 Å². The summed E-state index contributed by atoms with van der Waals surface area (Å²) in [5.74, 6) is -0.315. The molecule has 0 fully saturated rings. The van der Waals surface area contributed by atoms with Gasteiger partial charge in [0.2, 0.25) is 10.0 Å².